The molecular formula is C14H15ClFNO2. The van der Waals surface area contributed by atoms with E-state index >= 15 is 0 Å². The van der Waals surface area contributed by atoms with E-state index in [-0.39, 0.29) is 11.4 Å². The lowest BCUT2D eigenvalue weighted by atomic mass is 10.2. The van der Waals surface area contributed by atoms with Crippen LogP contribution in [-0.2, 0) is 4.79 Å². The van der Waals surface area contributed by atoms with Crippen LogP contribution in [0.1, 0.15) is 18.4 Å². The Morgan fingerprint density at radius 2 is 2.26 bits per heavy atom. The zero-order valence-corrected chi connectivity index (χ0v) is 11.1. The molecule has 0 unspecified atom stereocenters. The van der Waals surface area contributed by atoms with Gasteiger partial charge < -0.3 is 10.4 Å². The molecule has 3 nitrogen and oxygen atoms in total. The minimum Gasteiger partial charge on any atom is -0.481 e. The molecule has 0 spiro atoms. The summed E-state index contributed by atoms with van der Waals surface area (Å²) >= 11 is 5.66. The second-order valence-corrected chi connectivity index (χ2v) is 4.33. The van der Waals surface area contributed by atoms with Crippen LogP contribution in [0.25, 0.3) is 6.08 Å². The summed E-state index contributed by atoms with van der Waals surface area (Å²) in [5.74, 6) is -1.30. The Kier molecular flexibility index (Phi) is 6.09. The van der Waals surface area contributed by atoms with E-state index in [9.17, 15) is 9.18 Å². The summed E-state index contributed by atoms with van der Waals surface area (Å²) < 4.78 is 13.5. The predicted octanol–water partition coefficient (Wildman–Crippen LogP) is 3.46. The minimum absolute atomic E-state index is 0.0715. The van der Waals surface area contributed by atoms with E-state index in [4.69, 9.17) is 16.7 Å². The van der Waals surface area contributed by atoms with Crippen molar-refractivity contribution < 1.29 is 14.3 Å². The zero-order valence-electron chi connectivity index (χ0n) is 10.3. The van der Waals surface area contributed by atoms with Crippen molar-refractivity contribution in [2.45, 2.75) is 12.8 Å². The molecule has 102 valence electrons. The van der Waals surface area contributed by atoms with Crippen LogP contribution in [0.4, 0.5) is 4.39 Å². The number of rotatable bonds is 7. The fourth-order valence-corrected chi connectivity index (χ4v) is 1.57. The Balaban J connectivity index is 2.45. The molecule has 0 atom stereocenters. The number of halogens is 2. The van der Waals surface area contributed by atoms with Gasteiger partial charge in [-0.3, -0.25) is 4.79 Å². The highest BCUT2D eigenvalue weighted by atomic mass is 35.5. The fourth-order valence-electron chi connectivity index (χ4n) is 1.39. The van der Waals surface area contributed by atoms with Crippen LogP contribution in [0.5, 0.6) is 0 Å². The first kappa shape index (κ1) is 15.2. The number of hydrogen-bond donors (Lipinski definition) is 2. The zero-order chi connectivity index (χ0) is 14.3. The molecule has 0 fully saturated rings. The average molecular weight is 284 g/mol. The molecule has 0 aliphatic heterocycles. The SMILES string of the molecule is C=C(/C=C/c1cccc(Cl)c1F)NCCCC(=O)O. The molecule has 0 bridgehead atoms. The van der Waals surface area contributed by atoms with Crippen LogP contribution in [0, 0.1) is 5.82 Å². The molecule has 0 saturated carbocycles. The van der Waals surface area contributed by atoms with Crippen molar-refractivity contribution in [3.8, 4) is 0 Å². The van der Waals surface area contributed by atoms with Crippen LogP contribution in [0.3, 0.4) is 0 Å². The topological polar surface area (TPSA) is 49.3 Å². The van der Waals surface area contributed by atoms with Gasteiger partial charge in [0.25, 0.3) is 0 Å². The molecule has 0 aliphatic rings. The Morgan fingerprint density at radius 1 is 1.53 bits per heavy atom. The highest BCUT2D eigenvalue weighted by Gasteiger charge is 2.02. The fraction of sp³-hybridized carbons (Fsp3) is 0.214. The van der Waals surface area contributed by atoms with E-state index in [0.29, 0.717) is 24.2 Å². The van der Waals surface area contributed by atoms with Gasteiger partial charge in [-0.25, -0.2) is 4.39 Å². The summed E-state index contributed by atoms with van der Waals surface area (Å²) in [6.07, 6.45) is 3.80. The first-order valence-corrected chi connectivity index (χ1v) is 6.15. The van der Waals surface area contributed by atoms with Crippen LogP contribution in [-0.4, -0.2) is 17.6 Å². The summed E-state index contributed by atoms with van der Waals surface area (Å²) in [5.41, 5.74) is 0.964. The van der Waals surface area contributed by atoms with Gasteiger partial charge in [0, 0.05) is 24.2 Å². The molecule has 5 heteroatoms. The maximum Gasteiger partial charge on any atom is 0.303 e. The molecule has 0 amide bonds. The Morgan fingerprint density at radius 3 is 2.95 bits per heavy atom. The minimum atomic E-state index is -0.830. The third kappa shape index (κ3) is 5.57. The van der Waals surface area contributed by atoms with E-state index in [2.05, 4.69) is 11.9 Å². The van der Waals surface area contributed by atoms with Crippen molar-refractivity contribution in [2.75, 3.05) is 6.54 Å². The van der Waals surface area contributed by atoms with E-state index in [0.717, 1.165) is 0 Å². The number of allylic oxidation sites excluding steroid dienone is 1. The van der Waals surface area contributed by atoms with Crippen molar-refractivity contribution in [3.05, 3.63) is 53.0 Å². The highest BCUT2D eigenvalue weighted by molar-refractivity contribution is 6.30. The third-order valence-electron chi connectivity index (χ3n) is 2.37. The van der Waals surface area contributed by atoms with Crippen LogP contribution < -0.4 is 5.32 Å². The second-order valence-electron chi connectivity index (χ2n) is 3.93. The molecule has 0 radical (unpaired) electrons. The normalized spacial score (nSPS) is 10.6. The lowest BCUT2D eigenvalue weighted by molar-refractivity contribution is -0.137. The molecule has 19 heavy (non-hydrogen) atoms. The molecule has 0 aliphatic carbocycles. The summed E-state index contributed by atoms with van der Waals surface area (Å²) in [4.78, 5) is 10.3. The Hall–Kier alpha value is -1.81. The largest absolute Gasteiger partial charge is 0.481 e. The van der Waals surface area contributed by atoms with Gasteiger partial charge >= 0.3 is 5.97 Å². The molecule has 1 aromatic rings. The van der Waals surface area contributed by atoms with E-state index in [1.807, 2.05) is 0 Å². The average Bonchev–Trinajstić information content (AvgIpc) is 2.36. The predicted molar refractivity (Wildman–Crippen MR) is 74.5 cm³/mol. The van der Waals surface area contributed by atoms with Crippen molar-refractivity contribution >= 4 is 23.6 Å². The quantitative estimate of drug-likeness (QED) is 0.595. The third-order valence-corrected chi connectivity index (χ3v) is 2.66. The molecule has 0 saturated heterocycles. The molecule has 0 heterocycles. The lowest BCUT2D eigenvalue weighted by Crippen LogP contribution is -2.13. The maximum absolute atomic E-state index is 13.5. The van der Waals surface area contributed by atoms with Gasteiger partial charge in [-0.2, -0.15) is 0 Å². The first-order valence-electron chi connectivity index (χ1n) is 5.77. The van der Waals surface area contributed by atoms with Crippen LogP contribution >= 0.6 is 11.6 Å². The number of aliphatic carboxylic acids is 1. The molecular weight excluding hydrogens is 269 g/mol. The Labute approximate surface area is 116 Å². The standard InChI is InChI=1S/C14H15ClFNO2/c1-10(17-9-3-6-13(18)19)7-8-11-4-2-5-12(15)14(11)16/h2,4-5,7-8,17H,1,3,6,9H2,(H,18,19)/b8-7+. The van der Waals surface area contributed by atoms with Crippen LogP contribution in [0.15, 0.2) is 36.6 Å². The summed E-state index contributed by atoms with van der Waals surface area (Å²) in [6.45, 7) is 4.25. The van der Waals surface area contributed by atoms with E-state index in [1.54, 1.807) is 24.3 Å². The van der Waals surface area contributed by atoms with Gasteiger partial charge in [-0.05, 0) is 24.6 Å². The molecule has 2 N–H and O–H groups in total. The maximum atomic E-state index is 13.5. The number of nitrogens with one attached hydrogen (secondary N) is 1. The van der Waals surface area contributed by atoms with Gasteiger partial charge in [0.05, 0.1) is 5.02 Å². The Bertz CT molecular complexity index is 500. The van der Waals surface area contributed by atoms with Gasteiger partial charge in [0.1, 0.15) is 5.82 Å². The number of carboxylic acid groups (broad SMARTS) is 1. The number of carboxylic acids is 1. The summed E-state index contributed by atoms with van der Waals surface area (Å²) in [6, 6.07) is 4.75. The highest BCUT2D eigenvalue weighted by Crippen LogP contribution is 2.19. The van der Waals surface area contributed by atoms with Crippen molar-refractivity contribution in [2.24, 2.45) is 0 Å². The number of benzene rings is 1. The van der Waals surface area contributed by atoms with Gasteiger partial charge in [-0.15, -0.1) is 0 Å². The van der Waals surface area contributed by atoms with Crippen molar-refractivity contribution in [3.63, 3.8) is 0 Å². The monoisotopic (exact) mass is 283 g/mol. The molecule has 1 rings (SSSR count). The first-order chi connectivity index (χ1) is 9.00. The van der Waals surface area contributed by atoms with E-state index < -0.39 is 11.8 Å². The molecule has 0 aromatic heterocycles. The summed E-state index contributed by atoms with van der Waals surface area (Å²) in [5, 5.41) is 11.5. The van der Waals surface area contributed by atoms with Crippen molar-refractivity contribution in [1.82, 2.24) is 5.32 Å². The number of hydrogen-bond acceptors (Lipinski definition) is 2. The lowest BCUT2D eigenvalue weighted by Gasteiger charge is -2.04. The number of carbonyl (C=O) groups is 1. The second kappa shape index (κ2) is 7.59. The van der Waals surface area contributed by atoms with Gasteiger partial charge in [-0.1, -0.05) is 30.3 Å². The van der Waals surface area contributed by atoms with Gasteiger partial charge in [0.2, 0.25) is 0 Å². The van der Waals surface area contributed by atoms with Gasteiger partial charge in [0.15, 0.2) is 0 Å². The van der Waals surface area contributed by atoms with E-state index in [1.165, 1.54) is 6.07 Å². The van der Waals surface area contributed by atoms with Crippen LogP contribution in [0.2, 0.25) is 5.02 Å². The smallest absolute Gasteiger partial charge is 0.303 e. The summed E-state index contributed by atoms with van der Waals surface area (Å²) in [7, 11) is 0. The molecule has 1 aromatic carbocycles. The van der Waals surface area contributed by atoms with Crippen molar-refractivity contribution in [1.29, 1.82) is 0 Å².